The van der Waals surface area contributed by atoms with Gasteiger partial charge in [0.25, 0.3) is 0 Å². The number of hydrogen-bond donors (Lipinski definition) is 1. The van der Waals surface area contributed by atoms with Gasteiger partial charge in [0.2, 0.25) is 0 Å². The van der Waals surface area contributed by atoms with Crippen LogP contribution in [-0.4, -0.2) is 12.6 Å². The molecule has 2 aliphatic rings. The molecule has 0 aromatic heterocycles. The van der Waals surface area contributed by atoms with Crippen LogP contribution in [0, 0.1) is 11.8 Å². The summed E-state index contributed by atoms with van der Waals surface area (Å²) in [6, 6.07) is 0.838. The minimum absolute atomic E-state index is 0.838. The lowest BCUT2D eigenvalue weighted by Crippen LogP contribution is -2.34. The summed E-state index contributed by atoms with van der Waals surface area (Å²) in [4.78, 5) is 0. The van der Waals surface area contributed by atoms with E-state index in [0.29, 0.717) is 0 Å². The van der Waals surface area contributed by atoms with Crippen molar-refractivity contribution >= 4 is 0 Å². The first kappa shape index (κ1) is 15.4. The zero-order valence-electron chi connectivity index (χ0n) is 13.1. The van der Waals surface area contributed by atoms with Gasteiger partial charge in [0.1, 0.15) is 0 Å². The van der Waals surface area contributed by atoms with Crippen molar-refractivity contribution in [2.24, 2.45) is 11.8 Å². The smallest absolute Gasteiger partial charge is 0.00671 e. The molecular formula is C18H35N. The largest absolute Gasteiger partial charge is 0.314 e. The third-order valence-corrected chi connectivity index (χ3v) is 5.42. The van der Waals surface area contributed by atoms with Gasteiger partial charge < -0.3 is 5.32 Å². The minimum Gasteiger partial charge on any atom is -0.314 e. The van der Waals surface area contributed by atoms with E-state index in [2.05, 4.69) is 12.2 Å². The van der Waals surface area contributed by atoms with Crippen molar-refractivity contribution in [3.63, 3.8) is 0 Å². The SMILES string of the molecule is CC1CCCC(CNC2CCCCCCC2)CCC1. The number of hydrogen-bond acceptors (Lipinski definition) is 1. The highest BCUT2D eigenvalue weighted by Gasteiger charge is 2.16. The zero-order valence-corrected chi connectivity index (χ0v) is 13.1. The van der Waals surface area contributed by atoms with Crippen LogP contribution < -0.4 is 5.32 Å². The lowest BCUT2D eigenvalue weighted by molar-refractivity contribution is 0.298. The van der Waals surface area contributed by atoms with Crippen molar-refractivity contribution in [1.82, 2.24) is 5.32 Å². The van der Waals surface area contributed by atoms with Crippen molar-refractivity contribution in [3.8, 4) is 0 Å². The molecule has 0 heterocycles. The summed E-state index contributed by atoms with van der Waals surface area (Å²) >= 11 is 0. The summed E-state index contributed by atoms with van der Waals surface area (Å²) < 4.78 is 0. The maximum Gasteiger partial charge on any atom is 0.00671 e. The molecule has 2 aliphatic carbocycles. The first-order chi connectivity index (χ1) is 9.34. The van der Waals surface area contributed by atoms with E-state index in [1.54, 1.807) is 0 Å². The van der Waals surface area contributed by atoms with Crippen LogP contribution in [0.2, 0.25) is 0 Å². The molecule has 2 rings (SSSR count). The molecule has 0 bridgehead atoms. The molecule has 19 heavy (non-hydrogen) atoms. The second-order valence-electron chi connectivity index (χ2n) is 7.28. The quantitative estimate of drug-likeness (QED) is 0.730. The number of nitrogens with one attached hydrogen (secondary N) is 1. The monoisotopic (exact) mass is 265 g/mol. The Kier molecular flexibility index (Phi) is 7.27. The molecule has 2 fully saturated rings. The third-order valence-electron chi connectivity index (χ3n) is 5.42. The van der Waals surface area contributed by atoms with E-state index in [-0.39, 0.29) is 0 Å². The molecule has 0 amide bonds. The molecule has 112 valence electrons. The highest BCUT2D eigenvalue weighted by Crippen LogP contribution is 2.26. The van der Waals surface area contributed by atoms with Crippen LogP contribution in [0.5, 0.6) is 0 Å². The second-order valence-corrected chi connectivity index (χ2v) is 7.28. The Balaban J connectivity index is 1.65. The van der Waals surface area contributed by atoms with Crippen LogP contribution in [0.15, 0.2) is 0 Å². The topological polar surface area (TPSA) is 12.0 Å². The number of rotatable bonds is 3. The Labute approximate surface area is 120 Å². The van der Waals surface area contributed by atoms with Gasteiger partial charge in [-0.2, -0.15) is 0 Å². The maximum absolute atomic E-state index is 3.92. The fraction of sp³-hybridized carbons (Fsp3) is 1.00. The molecular weight excluding hydrogens is 230 g/mol. The van der Waals surface area contributed by atoms with Gasteiger partial charge in [-0.15, -0.1) is 0 Å². The van der Waals surface area contributed by atoms with Crippen molar-refractivity contribution in [2.75, 3.05) is 6.54 Å². The van der Waals surface area contributed by atoms with E-state index in [1.807, 2.05) is 0 Å². The van der Waals surface area contributed by atoms with Gasteiger partial charge in [0.15, 0.2) is 0 Å². The van der Waals surface area contributed by atoms with Crippen molar-refractivity contribution in [3.05, 3.63) is 0 Å². The van der Waals surface area contributed by atoms with Gasteiger partial charge in [-0.25, -0.2) is 0 Å². The highest BCUT2D eigenvalue weighted by atomic mass is 14.9. The lowest BCUT2D eigenvalue weighted by Gasteiger charge is -2.26. The van der Waals surface area contributed by atoms with Crippen LogP contribution in [0.1, 0.15) is 90.4 Å². The summed E-state index contributed by atoms with van der Waals surface area (Å²) in [5.74, 6) is 1.96. The zero-order chi connectivity index (χ0) is 13.3. The second kappa shape index (κ2) is 9.00. The molecule has 1 N–H and O–H groups in total. The molecule has 0 aromatic rings. The molecule has 0 spiro atoms. The molecule has 1 nitrogen and oxygen atoms in total. The Morgan fingerprint density at radius 1 is 0.684 bits per heavy atom. The molecule has 0 saturated heterocycles. The predicted octanol–water partition coefficient (Wildman–Crippen LogP) is 5.30. The van der Waals surface area contributed by atoms with Crippen molar-refractivity contribution in [1.29, 1.82) is 0 Å². The van der Waals surface area contributed by atoms with E-state index in [1.165, 1.54) is 90.0 Å². The normalized spacial score (nSPS) is 32.1. The van der Waals surface area contributed by atoms with Crippen LogP contribution >= 0.6 is 0 Å². The van der Waals surface area contributed by atoms with E-state index in [9.17, 15) is 0 Å². The average molecular weight is 265 g/mol. The summed E-state index contributed by atoms with van der Waals surface area (Å²) in [5.41, 5.74) is 0. The molecule has 0 unspecified atom stereocenters. The van der Waals surface area contributed by atoms with Gasteiger partial charge in [0, 0.05) is 6.04 Å². The molecule has 0 atom stereocenters. The minimum atomic E-state index is 0.838. The van der Waals surface area contributed by atoms with Gasteiger partial charge in [-0.1, -0.05) is 64.7 Å². The summed E-state index contributed by atoms with van der Waals surface area (Å²) in [6.07, 6.45) is 19.0. The molecule has 0 radical (unpaired) electrons. The van der Waals surface area contributed by atoms with Gasteiger partial charge in [-0.05, 0) is 44.1 Å². The first-order valence-corrected chi connectivity index (χ1v) is 9.08. The summed E-state index contributed by atoms with van der Waals surface area (Å²) in [5, 5.41) is 3.92. The van der Waals surface area contributed by atoms with E-state index in [4.69, 9.17) is 0 Å². The first-order valence-electron chi connectivity index (χ1n) is 9.08. The fourth-order valence-electron chi connectivity index (χ4n) is 4.00. The van der Waals surface area contributed by atoms with E-state index in [0.717, 1.165) is 17.9 Å². The summed E-state index contributed by atoms with van der Waals surface area (Å²) in [6.45, 7) is 3.74. The summed E-state index contributed by atoms with van der Waals surface area (Å²) in [7, 11) is 0. The Hall–Kier alpha value is -0.0400. The van der Waals surface area contributed by atoms with Crippen molar-refractivity contribution < 1.29 is 0 Å². The predicted molar refractivity (Wildman–Crippen MR) is 84.5 cm³/mol. The fourth-order valence-corrected chi connectivity index (χ4v) is 4.00. The van der Waals surface area contributed by atoms with Crippen LogP contribution in [0.3, 0.4) is 0 Å². The van der Waals surface area contributed by atoms with Gasteiger partial charge >= 0.3 is 0 Å². The molecule has 0 aromatic carbocycles. The third kappa shape index (κ3) is 6.29. The Bertz CT molecular complexity index is 208. The lowest BCUT2D eigenvalue weighted by atomic mass is 9.86. The van der Waals surface area contributed by atoms with E-state index < -0.39 is 0 Å². The Morgan fingerprint density at radius 2 is 1.26 bits per heavy atom. The standard InChI is InChI=1S/C18H35N/c1-16-9-7-11-17(12-8-10-16)15-19-18-13-5-3-2-4-6-14-18/h16-19H,2-15H2,1H3. The molecule has 0 aliphatic heterocycles. The maximum atomic E-state index is 3.92. The van der Waals surface area contributed by atoms with E-state index >= 15 is 0 Å². The highest BCUT2D eigenvalue weighted by molar-refractivity contribution is 4.74. The van der Waals surface area contributed by atoms with Crippen LogP contribution in [0.4, 0.5) is 0 Å². The van der Waals surface area contributed by atoms with Gasteiger partial charge in [0.05, 0.1) is 0 Å². The van der Waals surface area contributed by atoms with Crippen LogP contribution in [-0.2, 0) is 0 Å². The average Bonchev–Trinajstić information content (AvgIpc) is 2.33. The molecule has 1 heteroatoms. The van der Waals surface area contributed by atoms with Crippen LogP contribution in [0.25, 0.3) is 0 Å². The van der Waals surface area contributed by atoms with Crippen molar-refractivity contribution in [2.45, 2.75) is 96.4 Å². The van der Waals surface area contributed by atoms with Gasteiger partial charge in [-0.3, -0.25) is 0 Å². The Morgan fingerprint density at radius 3 is 1.89 bits per heavy atom. The molecule has 2 saturated carbocycles.